The molecule has 76 valence electrons. The Morgan fingerprint density at radius 1 is 1.57 bits per heavy atom. The van der Waals surface area contributed by atoms with E-state index in [0.717, 1.165) is 15.7 Å². The molecule has 1 aromatic carbocycles. The van der Waals surface area contributed by atoms with Crippen molar-refractivity contribution in [2.24, 2.45) is 0 Å². The molecule has 14 heavy (non-hydrogen) atoms. The predicted octanol–water partition coefficient (Wildman–Crippen LogP) is 2.34. The number of hydrogen-bond acceptors (Lipinski definition) is 2. The summed E-state index contributed by atoms with van der Waals surface area (Å²) in [6.45, 7) is 2.01. The largest absolute Gasteiger partial charge is 0.375 e. The number of anilines is 1. The summed E-state index contributed by atoms with van der Waals surface area (Å²) in [6.07, 6.45) is 0. The van der Waals surface area contributed by atoms with E-state index in [4.69, 9.17) is 4.74 Å². The van der Waals surface area contributed by atoms with Crippen LogP contribution in [-0.4, -0.2) is 19.6 Å². The first kappa shape index (κ1) is 11.2. The minimum atomic E-state index is -0.145. The zero-order chi connectivity index (χ0) is 10.6. The molecule has 0 aromatic heterocycles. The number of nitrogens with one attached hydrogen (secondary N) is 1. The molecule has 0 aliphatic carbocycles. The molecular formula is C10H12BrNO2. The van der Waals surface area contributed by atoms with Gasteiger partial charge in [-0.25, -0.2) is 0 Å². The molecule has 1 aromatic rings. The number of carbonyl (C=O) groups is 1. The molecule has 0 atom stereocenters. The lowest BCUT2D eigenvalue weighted by molar-refractivity contribution is -0.119. The number of methoxy groups -OCH3 is 1. The number of benzene rings is 1. The Kier molecular flexibility index (Phi) is 4.10. The topological polar surface area (TPSA) is 38.3 Å². The van der Waals surface area contributed by atoms with Gasteiger partial charge < -0.3 is 10.1 Å². The van der Waals surface area contributed by atoms with Crippen LogP contribution in [0, 0.1) is 6.92 Å². The third-order valence-corrected chi connectivity index (χ3v) is 2.68. The number of amides is 1. The molecule has 0 bridgehead atoms. The Hall–Kier alpha value is -0.870. The summed E-state index contributed by atoms with van der Waals surface area (Å²) in [4.78, 5) is 11.2. The third kappa shape index (κ3) is 2.82. The lowest BCUT2D eigenvalue weighted by atomic mass is 10.2. The molecule has 0 unspecified atom stereocenters. The average Bonchev–Trinajstić information content (AvgIpc) is 2.13. The minimum absolute atomic E-state index is 0.0754. The maximum atomic E-state index is 11.2. The molecule has 1 rings (SSSR count). The van der Waals surface area contributed by atoms with Gasteiger partial charge in [-0.15, -0.1) is 0 Å². The summed E-state index contributed by atoms with van der Waals surface area (Å²) < 4.78 is 5.70. The summed E-state index contributed by atoms with van der Waals surface area (Å²) >= 11 is 3.39. The first-order valence-corrected chi connectivity index (χ1v) is 4.98. The number of hydrogen-bond donors (Lipinski definition) is 1. The lowest BCUT2D eigenvalue weighted by Gasteiger charge is -2.08. The van der Waals surface area contributed by atoms with Crippen LogP contribution < -0.4 is 5.32 Å². The predicted molar refractivity (Wildman–Crippen MR) is 59.4 cm³/mol. The summed E-state index contributed by atoms with van der Waals surface area (Å²) in [7, 11) is 1.49. The van der Waals surface area contributed by atoms with Crippen molar-refractivity contribution in [3.05, 3.63) is 28.2 Å². The van der Waals surface area contributed by atoms with Gasteiger partial charge in [0.1, 0.15) is 6.61 Å². The first-order valence-electron chi connectivity index (χ1n) is 4.19. The Balaban J connectivity index is 2.76. The van der Waals surface area contributed by atoms with Crippen molar-refractivity contribution < 1.29 is 9.53 Å². The van der Waals surface area contributed by atoms with E-state index in [1.165, 1.54) is 7.11 Å². The van der Waals surface area contributed by atoms with Gasteiger partial charge >= 0.3 is 0 Å². The van der Waals surface area contributed by atoms with Gasteiger partial charge in [0.25, 0.3) is 0 Å². The van der Waals surface area contributed by atoms with Gasteiger partial charge in [0, 0.05) is 17.3 Å². The lowest BCUT2D eigenvalue weighted by Crippen LogP contribution is -2.17. The molecule has 0 fully saturated rings. The standard InChI is InChI=1S/C10H12BrNO2/c1-7-8(11)4-3-5-9(7)12-10(13)6-14-2/h3-5H,6H2,1-2H3,(H,12,13). The van der Waals surface area contributed by atoms with E-state index in [1.54, 1.807) is 0 Å². The van der Waals surface area contributed by atoms with Crippen LogP contribution in [0.2, 0.25) is 0 Å². The molecule has 1 N–H and O–H groups in total. The second kappa shape index (κ2) is 5.12. The van der Waals surface area contributed by atoms with Gasteiger partial charge in [-0.2, -0.15) is 0 Å². The zero-order valence-electron chi connectivity index (χ0n) is 8.13. The van der Waals surface area contributed by atoms with E-state index in [0.29, 0.717) is 0 Å². The van der Waals surface area contributed by atoms with Gasteiger partial charge in [0.15, 0.2) is 0 Å². The first-order chi connectivity index (χ1) is 6.65. The van der Waals surface area contributed by atoms with Crippen molar-refractivity contribution in [1.29, 1.82) is 0 Å². The Morgan fingerprint density at radius 2 is 2.29 bits per heavy atom. The van der Waals surface area contributed by atoms with E-state index in [9.17, 15) is 4.79 Å². The summed E-state index contributed by atoms with van der Waals surface area (Å²) in [5.74, 6) is -0.145. The number of halogens is 1. The van der Waals surface area contributed by atoms with Crippen molar-refractivity contribution in [3.63, 3.8) is 0 Å². The van der Waals surface area contributed by atoms with E-state index in [-0.39, 0.29) is 12.5 Å². The molecule has 0 saturated carbocycles. The van der Waals surface area contributed by atoms with Crippen LogP contribution in [0.25, 0.3) is 0 Å². The zero-order valence-corrected chi connectivity index (χ0v) is 9.72. The van der Waals surface area contributed by atoms with Gasteiger partial charge in [-0.05, 0) is 24.6 Å². The van der Waals surface area contributed by atoms with Crippen molar-refractivity contribution in [3.8, 4) is 0 Å². The summed E-state index contributed by atoms with van der Waals surface area (Å²) in [5, 5.41) is 2.76. The average molecular weight is 258 g/mol. The highest BCUT2D eigenvalue weighted by atomic mass is 79.9. The highest BCUT2D eigenvalue weighted by Crippen LogP contribution is 2.23. The van der Waals surface area contributed by atoms with Crippen molar-refractivity contribution in [1.82, 2.24) is 0 Å². The minimum Gasteiger partial charge on any atom is -0.375 e. The number of carbonyl (C=O) groups excluding carboxylic acids is 1. The van der Waals surface area contributed by atoms with Gasteiger partial charge in [0.05, 0.1) is 0 Å². The quantitative estimate of drug-likeness (QED) is 0.903. The van der Waals surface area contributed by atoms with E-state index >= 15 is 0 Å². The SMILES string of the molecule is COCC(=O)Nc1cccc(Br)c1C. The summed E-state index contributed by atoms with van der Waals surface area (Å²) in [6, 6.07) is 5.66. The van der Waals surface area contributed by atoms with Crippen molar-refractivity contribution in [2.75, 3.05) is 19.0 Å². The Morgan fingerprint density at radius 3 is 2.93 bits per heavy atom. The fraction of sp³-hybridized carbons (Fsp3) is 0.300. The van der Waals surface area contributed by atoms with Crippen LogP contribution in [0.5, 0.6) is 0 Å². The maximum Gasteiger partial charge on any atom is 0.250 e. The van der Waals surface area contributed by atoms with Crippen LogP contribution in [0.15, 0.2) is 22.7 Å². The molecule has 0 aliphatic rings. The monoisotopic (exact) mass is 257 g/mol. The fourth-order valence-electron chi connectivity index (χ4n) is 1.06. The van der Waals surface area contributed by atoms with E-state index in [1.807, 2.05) is 25.1 Å². The maximum absolute atomic E-state index is 11.2. The molecule has 1 amide bonds. The Bertz CT molecular complexity index is 339. The van der Waals surface area contributed by atoms with Crippen LogP contribution >= 0.6 is 15.9 Å². The second-order valence-electron chi connectivity index (χ2n) is 2.89. The summed E-state index contributed by atoms with van der Waals surface area (Å²) in [5.41, 5.74) is 1.82. The number of rotatable bonds is 3. The van der Waals surface area contributed by atoms with Crippen molar-refractivity contribution in [2.45, 2.75) is 6.92 Å². The van der Waals surface area contributed by atoms with Crippen LogP contribution in [0.4, 0.5) is 5.69 Å². The molecular weight excluding hydrogens is 246 g/mol. The third-order valence-electron chi connectivity index (χ3n) is 1.82. The van der Waals surface area contributed by atoms with E-state index < -0.39 is 0 Å². The normalized spacial score (nSPS) is 9.93. The van der Waals surface area contributed by atoms with Crippen LogP contribution in [-0.2, 0) is 9.53 Å². The van der Waals surface area contributed by atoms with Crippen LogP contribution in [0.3, 0.4) is 0 Å². The fourth-order valence-corrected chi connectivity index (χ4v) is 1.43. The second-order valence-corrected chi connectivity index (χ2v) is 3.75. The molecule has 3 nitrogen and oxygen atoms in total. The van der Waals surface area contributed by atoms with Gasteiger partial charge in [0.2, 0.25) is 5.91 Å². The molecule has 0 saturated heterocycles. The molecule has 0 spiro atoms. The number of ether oxygens (including phenoxy) is 1. The van der Waals surface area contributed by atoms with Crippen LogP contribution in [0.1, 0.15) is 5.56 Å². The van der Waals surface area contributed by atoms with Gasteiger partial charge in [-0.1, -0.05) is 22.0 Å². The van der Waals surface area contributed by atoms with Gasteiger partial charge in [-0.3, -0.25) is 4.79 Å². The van der Waals surface area contributed by atoms with E-state index in [2.05, 4.69) is 21.2 Å². The highest BCUT2D eigenvalue weighted by molar-refractivity contribution is 9.10. The molecule has 4 heteroatoms. The molecule has 0 aliphatic heterocycles. The molecule has 0 heterocycles. The smallest absolute Gasteiger partial charge is 0.250 e. The Labute approximate surface area is 91.6 Å². The highest BCUT2D eigenvalue weighted by Gasteiger charge is 2.05. The molecule has 0 radical (unpaired) electrons. The van der Waals surface area contributed by atoms with Crippen molar-refractivity contribution >= 4 is 27.5 Å².